The molecule has 2 rings (SSSR count). The smallest absolute Gasteiger partial charge is 0.253 e. The van der Waals surface area contributed by atoms with Crippen LogP contribution >= 0.6 is 11.6 Å². The van der Waals surface area contributed by atoms with Gasteiger partial charge in [0.1, 0.15) is 0 Å². The summed E-state index contributed by atoms with van der Waals surface area (Å²) in [7, 11) is 1.93. The molecule has 3 heteroatoms. The zero-order chi connectivity index (χ0) is 13.8. The molecule has 0 bridgehead atoms. The van der Waals surface area contributed by atoms with Crippen molar-refractivity contribution in [2.75, 3.05) is 7.05 Å². The van der Waals surface area contributed by atoms with Crippen LogP contribution in [0.1, 0.15) is 48.5 Å². The lowest BCUT2D eigenvalue weighted by Crippen LogP contribution is -2.39. The largest absolute Gasteiger partial charge is 0.339 e. The maximum absolute atomic E-state index is 12.5. The Morgan fingerprint density at radius 2 is 2.00 bits per heavy atom. The minimum absolute atomic E-state index is 0.117. The maximum atomic E-state index is 12.5. The lowest BCUT2D eigenvalue weighted by Gasteiger charge is -2.33. The van der Waals surface area contributed by atoms with E-state index in [-0.39, 0.29) is 5.91 Å². The third-order valence-corrected chi connectivity index (χ3v) is 4.49. The van der Waals surface area contributed by atoms with Crippen molar-refractivity contribution in [3.63, 3.8) is 0 Å². The van der Waals surface area contributed by atoms with Crippen molar-refractivity contribution >= 4 is 17.5 Å². The molecule has 104 valence electrons. The summed E-state index contributed by atoms with van der Waals surface area (Å²) in [4.78, 5) is 14.4. The van der Waals surface area contributed by atoms with E-state index < -0.39 is 0 Å². The second-order valence-corrected chi connectivity index (χ2v) is 5.93. The molecular weight excluding hydrogens is 258 g/mol. The summed E-state index contributed by atoms with van der Waals surface area (Å²) in [6.45, 7) is 2.29. The highest BCUT2D eigenvalue weighted by molar-refractivity contribution is 6.17. The van der Waals surface area contributed by atoms with Crippen molar-refractivity contribution in [1.29, 1.82) is 0 Å². The number of benzene rings is 1. The number of hydrogen-bond acceptors (Lipinski definition) is 1. The average molecular weight is 280 g/mol. The van der Waals surface area contributed by atoms with Crippen LogP contribution < -0.4 is 0 Å². The molecule has 0 radical (unpaired) electrons. The number of carbonyl (C=O) groups excluding carboxylic acids is 1. The predicted molar refractivity (Wildman–Crippen MR) is 79.5 cm³/mol. The zero-order valence-electron chi connectivity index (χ0n) is 11.7. The highest BCUT2D eigenvalue weighted by Crippen LogP contribution is 2.27. The number of halogens is 1. The van der Waals surface area contributed by atoms with E-state index in [1.807, 2.05) is 36.2 Å². The van der Waals surface area contributed by atoms with Gasteiger partial charge in [-0.3, -0.25) is 4.79 Å². The van der Waals surface area contributed by atoms with Crippen molar-refractivity contribution < 1.29 is 4.79 Å². The Balaban J connectivity index is 2.05. The lowest BCUT2D eigenvalue weighted by molar-refractivity contribution is 0.0679. The predicted octanol–water partition coefficient (Wildman–Crippen LogP) is 4.08. The Morgan fingerprint density at radius 3 is 2.63 bits per heavy atom. The van der Waals surface area contributed by atoms with Crippen molar-refractivity contribution in [3.05, 3.63) is 35.4 Å². The fraction of sp³-hybridized carbons (Fsp3) is 0.562. The van der Waals surface area contributed by atoms with E-state index in [4.69, 9.17) is 11.6 Å². The average Bonchev–Trinajstić information content (AvgIpc) is 2.46. The van der Waals surface area contributed by atoms with Gasteiger partial charge < -0.3 is 4.90 Å². The quantitative estimate of drug-likeness (QED) is 0.764. The Labute approximate surface area is 120 Å². The second kappa shape index (κ2) is 6.42. The summed E-state index contributed by atoms with van der Waals surface area (Å²) >= 11 is 5.82. The molecule has 19 heavy (non-hydrogen) atoms. The molecule has 0 heterocycles. The molecule has 0 atom stereocenters. The van der Waals surface area contributed by atoms with Gasteiger partial charge in [-0.15, -0.1) is 11.6 Å². The first-order valence-electron chi connectivity index (χ1n) is 7.04. The highest BCUT2D eigenvalue weighted by atomic mass is 35.5. The summed E-state index contributed by atoms with van der Waals surface area (Å²) in [5.41, 5.74) is 1.75. The van der Waals surface area contributed by atoms with Crippen molar-refractivity contribution in [3.8, 4) is 0 Å². The van der Waals surface area contributed by atoms with Crippen LogP contribution in [0.15, 0.2) is 24.3 Å². The maximum Gasteiger partial charge on any atom is 0.253 e. The van der Waals surface area contributed by atoms with Gasteiger partial charge in [0.25, 0.3) is 5.91 Å². The minimum Gasteiger partial charge on any atom is -0.339 e. The number of nitrogens with zero attached hydrogens (tertiary/aromatic N) is 1. The van der Waals surface area contributed by atoms with Gasteiger partial charge in [0.05, 0.1) is 0 Å². The van der Waals surface area contributed by atoms with Crippen LogP contribution in [0.3, 0.4) is 0 Å². The summed E-state index contributed by atoms with van der Waals surface area (Å²) in [5.74, 6) is 1.37. The van der Waals surface area contributed by atoms with Gasteiger partial charge in [0, 0.05) is 24.5 Å². The fourth-order valence-corrected chi connectivity index (χ4v) is 2.95. The van der Waals surface area contributed by atoms with E-state index in [0.29, 0.717) is 11.9 Å². The van der Waals surface area contributed by atoms with Gasteiger partial charge in [-0.05, 0) is 49.3 Å². The van der Waals surface area contributed by atoms with Gasteiger partial charge in [-0.1, -0.05) is 19.1 Å². The van der Waals surface area contributed by atoms with Gasteiger partial charge in [-0.25, -0.2) is 0 Å². The van der Waals surface area contributed by atoms with Crippen LogP contribution in [0.4, 0.5) is 0 Å². The molecule has 2 nitrogen and oxygen atoms in total. The van der Waals surface area contributed by atoms with E-state index in [0.717, 1.165) is 29.9 Å². The van der Waals surface area contributed by atoms with Crippen LogP contribution in [0.25, 0.3) is 0 Å². The Hall–Kier alpha value is -1.02. The first kappa shape index (κ1) is 14.4. The molecule has 0 aromatic heterocycles. The molecule has 0 unspecified atom stereocenters. The molecule has 1 amide bonds. The SMILES string of the molecule is CC1CCC(N(C)C(=O)c2cccc(CCl)c2)CC1. The molecule has 1 saturated carbocycles. The zero-order valence-corrected chi connectivity index (χ0v) is 12.5. The third kappa shape index (κ3) is 3.50. The topological polar surface area (TPSA) is 20.3 Å². The van der Waals surface area contributed by atoms with Crippen LogP contribution in [0.2, 0.25) is 0 Å². The van der Waals surface area contributed by atoms with Crippen molar-refractivity contribution in [2.24, 2.45) is 5.92 Å². The number of alkyl halides is 1. The molecule has 0 saturated heterocycles. The Morgan fingerprint density at radius 1 is 1.32 bits per heavy atom. The monoisotopic (exact) mass is 279 g/mol. The summed E-state index contributed by atoms with van der Waals surface area (Å²) in [6, 6.07) is 8.02. The second-order valence-electron chi connectivity index (χ2n) is 5.66. The first-order valence-corrected chi connectivity index (χ1v) is 7.57. The number of carbonyl (C=O) groups is 1. The Kier molecular flexibility index (Phi) is 4.87. The molecule has 1 aromatic carbocycles. The molecular formula is C16H22ClNO. The number of hydrogen-bond donors (Lipinski definition) is 0. The van der Waals surface area contributed by atoms with E-state index in [1.165, 1.54) is 12.8 Å². The first-order chi connectivity index (χ1) is 9.11. The van der Waals surface area contributed by atoms with Crippen molar-refractivity contribution in [2.45, 2.75) is 44.5 Å². The molecule has 1 aliphatic carbocycles. The van der Waals surface area contributed by atoms with Gasteiger partial charge in [0.2, 0.25) is 0 Å². The van der Waals surface area contributed by atoms with E-state index in [9.17, 15) is 4.79 Å². The van der Waals surface area contributed by atoms with Gasteiger partial charge in [0.15, 0.2) is 0 Å². The van der Waals surface area contributed by atoms with E-state index >= 15 is 0 Å². The fourth-order valence-electron chi connectivity index (χ4n) is 2.79. The van der Waals surface area contributed by atoms with Crippen molar-refractivity contribution in [1.82, 2.24) is 4.90 Å². The standard InChI is InChI=1S/C16H22ClNO/c1-12-6-8-15(9-7-12)18(2)16(19)14-5-3-4-13(10-14)11-17/h3-5,10,12,15H,6-9,11H2,1-2H3. The molecule has 0 spiro atoms. The van der Waals surface area contributed by atoms with Gasteiger partial charge in [-0.2, -0.15) is 0 Å². The third-order valence-electron chi connectivity index (χ3n) is 4.18. The summed E-state index contributed by atoms with van der Waals surface area (Å²) in [5, 5.41) is 0. The number of amides is 1. The van der Waals surface area contributed by atoms with E-state index in [2.05, 4.69) is 6.92 Å². The molecule has 0 aliphatic heterocycles. The molecule has 0 N–H and O–H groups in total. The minimum atomic E-state index is 0.117. The summed E-state index contributed by atoms with van der Waals surface area (Å²) in [6.07, 6.45) is 4.70. The van der Waals surface area contributed by atoms with Crippen LogP contribution in [0.5, 0.6) is 0 Å². The summed E-state index contributed by atoms with van der Waals surface area (Å²) < 4.78 is 0. The highest BCUT2D eigenvalue weighted by Gasteiger charge is 2.25. The molecule has 1 aliphatic rings. The number of rotatable bonds is 3. The lowest BCUT2D eigenvalue weighted by atomic mass is 9.86. The van der Waals surface area contributed by atoms with Crippen LogP contribution in [-0.2, 0) is 5.88 Å². The van der Waals surface area contributed by atoms with E-state index in [1.54, 1.807) is 0 Å². The van der Waals surface area contributed by atoms with Gasteiger partial charge >= 0.3 is 0 Å². The van der Waals surface area contributed by atoms with Crippen LogP contribution in [-0.4, -0.2) is 23.9 Å². The molecule has 1 fully saturated rings. The normalized spacial score (nSPS) is 23.1. The Bertz CT molecular complexity index is 438. The van der Waals surface area contributed by atoms with Crippen LogP contribution in [0, 0.1) is 5.92 Å². The molecule has 1 aromatic rings.